The molecule has 0 aliphatic heterocycles. The van der Waals surface area contributed by atoms with Gasteiger partial charge in [-0.05, 0) is 24.3 Å². The molecule has 0 spiro atoms. The molecule has 2 aromatic rings. The van der Waals surface area contributed by atoms with Crippen molar-refractivity contribution < 1.29 is 14.3 Å². The predicted octanol–water partition coefficient (Wildman–Crippen LogP) is 3.10. The Morgan fingerprint density at radius 2 is 1.87 bits per heavy atom. The van der Waals surface area contributed by atoms with Crippen LogP contribution in [0.4, 0.5) is 5.69 Å². The Labute approximate surface area is 143 Å². The van der Waals surface area contributed by atoms with Gasteiger partial charge in [-0.2, -0.15) is 0 Å². The van der Waals surface area contributed by atoms with Gasteiger partial charge < -0.3 is 15.4 Å². The van der Waals surface area contributed by atoms with E-state index in [9.17, 15) is 9.59 Å². The van der Waals surface area contributed by atoms with Gasteiger partial charge in [0.1, 0.15) is 12.2 Å². The van der Waals surface area contributed by atoms with Crippen molar-refractivity contribution in [2.45, 2.75) is 13.0 Å². The second-order valence-corrected chi connectivity index (χ2v) is 5.74. The van der Waals surface area contributed by atoms with E-state index in [0.717, 1.165) is 10.0 Å². The average Bonchev–Trinajstić information content (AvgIpc) is 2.53. The topological polar surface area (TPSA) is 67.4 Å². The minimum Gasteiger partial charge on any atom is -0.496 e. The highest BCUT2D eigenvalue weighted by Gasteiger charge is 2.10. The second kappa shape index (κ2) is 8.33. The van der Waals surface area contributed by atoms with Gasteiger partial charge in [-0.15, -0.1) is 0 Å². The number of hydrogen-bond acceptors (Lipinski definition) is 3. The molecule has 120 valence electrons. The lowest BCUT2D eigenvalue weighted by Gasteiger charge is -2.10. The molecule has 0 aromatic heterocycles. The van der Waals surface area contributed by atoms with Crippen LogP contribution in [0.1, 0.15) is 12.0 Å². The Balaban J connectivity index is 1.83. The average molecular weight is 377 g/mol. The molecular formula is C17H17BrN2O3. The van der Waals surface area contributed by atoms with Gasteiger partial charge >= 0.3 is 0 Å². The van der Waals surface area contributed by atoms with E-state index in [1.54, 1.807) is 25.3 Å². The van der Waals surface area contributed by atoms with Crippen molar-refractivity contribution in [2.75, 3.05) is 12.4 Å². The molecule has 6 heteroatoms. The molecule has 0 fully saturated rings. The first kappa shape index (κ1) is 17.0. The SMILES string of the molecule is COc1ccccc1CNC(=O)CC(=O)Nc1cccc(Br)c1. The number of para-hydroxylation sites is 1. The Kier molecular flexibility index (Phi) is 6.17. The Bertz CT molecular complexity index is 704. The van der Waals surface area contributed by atoms with Crippen molar-refractivity contribution in [3.63, 3.8) is 0 Å². The van der Waals surface area contributed by atoms with Gasteiger partial charge in [0.25, 0.3) is 0 Å². The fourth-order valence-corrected chi connectivity index (χ4v) is 2.42. The molecule has 0 saturated heterocycles. The second-order valence-electron chi connectivity index (χ2n) is 4.82. The molecule has 0 aliphatic rings. The number of carbonyl (C=O) groups is 2. The molecule has 0 aliphatic carbocycles. The van der Waals surface area contributed by atoms with E-state index in [1.807, 2.05) is 30.3 Å². The lowest BCUT2D eigenvalue weighted by atomic mass is 10.2. The minimum absolute atomic E-state index is 0.234. The molecule has 0 heterocycles. The number of halogens is 1. The highest BCUT2D eigenvalue weighted by atomic mass is 79.9. The highest BCUT2D eigenvalue weighted by Crippen LogP contribution is 2.17. The summed E-state index contributed by atoms with van der Waals surface area (Å²) in [6, 6.07) is 14.6. The zero-order chi connectivity index (χ0) is 16.7. The molecule has 0 atom stereocenters. The summed E-state index contributed by atoms with van der Waals surface area (Å²) < 4.78 is 6.07. The zero-order valence-electron chi connectivity index (χ0n) is 12.6. The van der Waals surface area contributed by atoms with Gasteiger partial charge in [-0.1, -0.05) is 40.2 Å². The maximum absolute atomic E-state index is 11.9. The molecule has 0 radical (unpaired) electrons. The number of hydrogen-bond donors (Lipinski definition) is 2. The number of nitrogens with one attached hydrogen (secondary N) is 2. The van der Waals surface area contributed by atoms with Crippen LogP contribution in [0.5, 0.6) is 5.75 Å². The summed E-state index contributed by atoms with van der Waals surface area (Å²) in [5.41, 5.74) is 1.50. The van der Waals surface area contributed by atoms with Crippen molar-refractivity contribution in [1.82, 2.24) is 5.32 Å². The van der Waals surface area contributed by atoms with E-state index in [2.05, 4.69) is 26.6 Å². The van der Waals surface area contributed by atoms with Gasteiger partial charge in [-0.3, -0.25) is 9.59 Å². The molecule has 5 nitrogen and oxygen atoms in total. The lowest BCUT2D eigenvalue weighted by Crippen LogP contribution is -2.27. The quantitative estimate of drug-likeness (QED) is 0.761. The van der Waals surface area contributed by atoms with Crippen LogP contribution in [0, 0.1) is 0 Å². The maximum atomic E-state index is 11.9. The normalized spacial score (nSPS) is 10.0. The number of benzene rings is 2. The minimum atomic E-state index is -0.361. The third-order valence-electron chi connectivity index (χ3n) is 3.10. The summed E-state index contributed by atoms with van der Waals surface area (Å²) in [4.78, 5) is 23.7. The lowest BCUT2D eigenvalue weighted by molar-refractivity contribution is -0.126. The first-order chi connectivity index (χ1) is 11.1. The smallest absolute Gasteiger partial charge is 0.233 e. The fraction of sp³-hybridized carbons (Fsp3) is 0.176. The Morgan fingerprint density at radius 3 is 2.61 bits per heavy atom. The van der Waals surface area contributed by atoms with Crippen LogP contribution in [-0.2, 0) is 16.1 Å². The van der Waals surface area contributed by atoms with E-state index in [4.69, 9.17) is 4.74 Å². The standard InChI is InChI=1S/C17H17BrN2O3/c1-23-15-8-3-2-5-12(15)11-19-16(21)10-17(22)20-14-7-4-6-13(18)9-14/h2-9H,10-11H2,1H3,(H,19,21)(H,20,22). The molecule has 2 N–H and O–H groups in total. The number of ether oxygens (including phenoxy) is 1. The Hall–Kier alpha value is -2.34. The van der Waals surface area contributed by atoms with Gasteiger partial charge in [0.15, 0.2) is 0 Å². The Morgan fingerprint density at radius 1 is 1.09 bits per heavy atom. The van der Waals surface area contributed by atoms with Crippen molar-refractivity contribution in [2.24, 2.45) is 0 Å². The first-order valence-electron chi connectivity index (χ1n) is 7.02. The predicted molar refractivity (Wildman–Crippen MR) is 92.2 cm³/mol. The zero-order valence-corrected chi connectivity index (χ0v) is 14.2. The van der Waals surface area contributed by atoms with E-state index in [-0.39, 0.29) is 18.2 Å². The number of carbonyl (C=O) groups excluding carboxylic acids is 2. The number of anilines is 1. The summed E-state index contributed by atoms with van der Waals surface area (Å²) in [5, 5.41) is 5.39. The summed E-state index contributed by atoms with van der Waals surface area (Å²) in [6.07, 6.45) is -0.234. The fourth-order valence-electron chi connectivity index (χ4n) is 2.02. The summed E-state index contributed by atoms with van der Waals surface area (Å²) in [6.45, 7) is 0.313. The largest absolute Gasteiger partial charge is 0.496 e. The summed E-state index contributed by atoms with van der Waals surface area (Å²) in [5.74, 6) is -0.00424. The van der Waals surface area contributed by atoms with E-state index >= 15 is 0 Å². The van der Waals surface area contributed by atoms with Crippen LogP contribution in [0.2, 0.25) is 0 Å². The number of methoxy groups -OCH3 is 1. The van der Waals surface area contributed by atoms with Crippen LogP contribution < -0.4 is 15.4 Å². The molecule has 0 unspecified atom stereocenters. The molecule has 2 amide bonds. The van der Waals surface area contributed by atoms with Crippen LogP contribution in [-0.4, -0.2) is 18.9 Å². The number of amides is 2. The molecule has 2 aromatic carbocycles. The van der Waals surface area contributed by atoms with Crippen LogP contribution in [0.3, 0.4) is 0 Å². The third-order valence-corrected chi connectivity index (χ3v) is 3.59. The van der Waals surface area contributed by atoms with Crippen LogP contribution >= 0.6 is 15.9 Å². The van der Waals surface area contributed by atoms with E-state index < -0.39 is 0 Å². The molecular weight excluding hydrogens is 360 g/mol. The first-order valence-corrected chi connectivity index (χ1v) is 7.82. The van der Waals surface area contributed by atoms with E-state index in [1.165, 1.54) is 0 Å². The van der Waals surface area contributed by atoms with Crippen LogP contribution in [0.15, 0.2) is 53.0 Å². The van der Waals surface area contributed by atoms with Crippen molar-refractivity contribution in [3.8, 4) is 5.75 Å². The van der Waals surface area contributed by atoms with E-state index in [0.29, 0.717) is 18.0 Å². The van der Waals surface area contributed by atoms with Crippen LogP contribution in [0.25, 0.3) is 0 Å². The summed E-state index contributed by atoms with van der Waals surface area (Å²) >= 11 is 3.32. The summed E-state index contributed by atoms with van der Waals surface area (Å²) in [7, 11) is 1.58. The molecule has 0 saturated carbocycles. The number of rotatable bonds is 6. The third kappa shape index (κ3) is 5.41. The van der Waals surface area contributed by atoms with Crippen molar-refractivity contribution in [1.29, 1.82) is 0 Å². The maximum Gasteiger partial charge on any atom is 0.233 e. The molecule has 2 rings (SSSR count). The molecule has 0 bridgehead atoms. The van der Waals surface area contributed by atoms with Gasteiger partial charge in [0, 0.05) is 22.3 Å². The van der Waals surface area contributed by atoms with Crippen molar-refractivity contribution >= 4 is 33.4 Å². The van der Waals surface area contributed by atoms with Gasteiger partial charge in [-0.25, -0.2) is 0 Å². The van der Waals surface area contributed by atoms with Gasteiger partial charge in [0.2, 0.25) is 11.8 Å². The monoisotopic (exact) mass is 376 g/mol. The van der Waals surface area contributed by atoms with Gasteiger partial charge in [0.05, 0.1) is 7.11 Å². The van der Waals surface area contributed by atoms with Crippen molar-refractivity contribution in [3.05, 3.63) is 58.6 Å². The molecule has 23 heavy (non-hydrogen) atoms. The highest BCUT2D eigenvalue weighted by molar-refractivity contribution is 9.10.